The van der Waals surface area contributed by atoms with Gasteiger partial charge in [0, 0.05) is 0 Å². The highest BCUT2D eigenvalue weighted by Crippen LogP contribution is 2.08. The van der Waals surface area contributed by atoms with Crippen molar-refractivity contribution in [2.75, 3.05) is 0 Å². The highest BCUT2D eigenvalue weighted by Gasteiger charge is 1.93. The van der Waals surface area contributed by atoms with Crippen LogP contribution in [0.15, 0.2) is 24.3 Å². The van der Waals surface area contributed by atoms with Gasteiger partial charge in [-0.25, -0.2) is 20.4 Å². The molecule has 0 fully saturated rings. The van der Waals surface area contributed by atoms with E-state index in [0.29, 0.717) is 0 Å². The summed E-state index contributed by atoms with van der Waals surface area (Å²) in [6, 6.07) is 8.63. The Kier molecular flexibility index (Phi) is 13.3. The average Bonchev–Trinajstić information content (AvgIpc) is 2.31. The van der Waals surface area contributed by atoms with Gasteiger partial charge in [0.15, 0.2) is 0 Å². The Morgan fingerprint density at radius 1 is 0.938 bits per heavy atom. The fourth-order valence-corrected chi connectivity index (χ4v) is 1.25. The van der Waals surface area contributed by atoms with Gasteiger partial charge in [0.1, 0.15) is 0 Å². The Bertz CT molecular complexity index is 315. The normalized spacial score (nSPS) is 7.12. The van der Waals surface area contributed by atoms with Gasteiger partial charge in [-0.15, -0.1) is 0 Å². The fourth-order valence-electron chi connectivity index (χ4n) is 1.25. The molecule has 0 amide bonds. The van der Waals surface area contributed by atoms with Crippen molar-refractivity contribution in [2.24, 2.45) is 0 Å². The van der Waals surface area contributed by atoms with Gasteiger partial charge >= 0.3 is 0 Å². The van der Waals surface area contributed by atoms with Crippen molar-refractivity contribution in [1.29, 1.82) is 10.8 Å². The SMILES string of the molecule is CCc1ccccc1CC.N=C=O.N=C=O. The Morgan fingerprint density at radius 3 is 1.38 bits per heavy atom. The van der Waals surface area contributed by atoms with Crippen LogP contribution in [0.1, 0.15) is 25.0 Å². The smallest absolute Gasteiger partial charge is 0.222 e. The van der Waals surface area contributed by atoms with Crippen LogP contribution in [0.4, 0.5) is 0 Å². The minimum atomic E-state index is 0.750. The Morgan fingerprint density at radius 2 is 1.19 bits per heavy atom. The molecule has 0 aliphatic heterocycles. The zero-order valence-corrected chi connectivity index (χ0v) is 9.54. The van der Waals surface area contributed by atoms with E-state index in [9.17, 15) is 0 Å². The van der Waals surface area contributed by atoms with Crippen LogP contribution in [0.2, 0.25) is 0 Å². The molecule has 0 aliphatic rings. The summed E-state index contributed by atoms with van der Waals surface area (Å²) in [6.07, 6.45) is 3.81. The Balaban J connectivity index is 0. The summed E-state index contributed by atoms with van der Waals surface area (Å²) in [5.74, 6) is 0. The van der Waals surface area contributed by atoms with Gasteiger partial charge in [-0.1, -0.05) is 38.1 Å². The monoisotopic (exact) mass is 220 g/mol. The maximum absolute atomic E-state index is 8.35. The van der Waals surface area contributed by atoms with Crippen molar-refractivity contribution < 1.29 is 9.59 Å². The molecule has 1 rings (SSSR count). The average molecular weight is 220 g/mol. The van der Waals surface area contributed by atoms with Crippen LogP contribution < -0.4 is 0 Å². The molecule has 4 heteroatoms. The minimum Gasteiger partial charge on any atom is -0.222 e. The van der Waals surface area contributed by atoms with Gasteiger partial charge in [0.05, 0.1) is 0 Å². The first-order valence-corrected chi connectivity index (χ1v) is 4.86. The van der Waals surface area contributed by atoms with Crippen LogP contribution in [0.5, 0.6) is 0 Å². The largest absolute Gasteiger partial charge is 0.231 e. The van der Waals surface area contributed by atoms with Crippen LogP contribution in [0, 0.1) is 10.8 Å². The van der Waals surface area contributed by atoms with E-state index in [-0.39, 0.29) is 0 Å². The molecule has 1 aromatic carbocycles. The third kappa shape index (κ3) is 8.57. The highest BCUT2D eigenvalue weighted by molar-refractivity contribution is 5.27. The Labute approximate surface area is 95.3 Å². The first-order valence-electron chi connectivity index (χ1n) is 4.86. The second-order valence-corrected chi connectivity index (χ2v) is 2.68. The first kappa shape index (κ1) is 16.4. The van der Waals surface area contributed by atoms with E-state index >= 15 is 0 Å². The van der Waals surface area contributed by atoms with Crippen molar-refractivity contribution in [2.45, 2.75) is 26.7 Å². The molecule has 1 aromatic rings. The van der Waals surface area contributed by atoms with Crippen LogP contribution >= 0.6 is 0 Å². The number of hydrogen-bond acceptors (Lipinski definition) is 4. The van der Waals surface area contributed by atoms with E-state index in [4.69, 9.17) is 20.4 Å². The van der Waals surface area contributed by atoms with E-state index < -0.39 is 0 Å². The predicted octanol–water partition coefficient (Wildman–Crippen LogP) is 2.61. The summed E-state index contributed by atoms with van der Waals surface area (Å²) in [5, 5.41) is 10.8. The second-order valence-electron chi connectivity index (χ2n) is 2.68. The number of benzene rings is 1. The molecule has 0 heterocycles. The van der Waals surface area contributed by atoms with Crippen molar-refractivity contribution in [3.63, 3.8) is 0 Å². The molecular weight excluding hydrogens is 204 g/mol. The molecule has 16 heavy (non-hydrogen) atoms. The lowest BCUT2D eigenvalue weighted by atomic mass is 10.0. The van der Waals surface area contributed by atoms with Crippen LogP contribution in [0.3, 0.4) is 0 Å². The molecule has 0 radical (unpaired) electrons. The van der Waals surface area contributed by atoms with E-state index in [1.54, 1.807) is 0 Å². The molecule has 86 valence electrons. The highest BCUT2D eigenvalue weighted by atomic mass is 16.1. The number of carbonyl (C=O) groups excluding carboxylic acids is 2. The van der Waals surface area contributed by atoms with Crippen LogP contribution in [-0.2, 0) is 22.4 Å². The van der Waals surface area contributed by atoms with Crippen LogP contribution in [-0.4, -0.2) is 12.2 Å². The molecule has 0 spiro atoms. The number of rotatable bonds is 2. The molecule has 0 atom stereocenters. The van der Waals surface area contributed by atoms with E-state index in [2.05, 4.69) is 38.1 Å². The number of aryl methyl sites for hydroxylation is 2. The quantitative estimate of drug-likeness (QED) is 0.593. The van der Waals surface area contributed by atoms with Crippen LogP contribution in [0.25, 0.3) is 0 Å². The van der Waals surface area contributed by atoms with Gasteiger partial charge in [-0.2, -0.15) is 0 Å². The van der Waals surface area contributed by atoms with E-state index in [1.165, 1.54) is 11.1 Å². The summed E-state index contributed by atoms with van der Waals surface area (Å²) in [6.45, 7) is 4.41. The molecular formula is C12H16N2O2. The third-order valence-electron chi connectivity index (χ3n) is 1.88. The fraction of sp³-hybridized carbons (Fsp3) is 0.333. The zero-order chi connectivity index (χ0) is 12.8. The lowest BCUT2D eigenvalue weighted by Crippen LogP contribution is -1.88. The van der Waals surface area contributed by atoms with Crippen molar-refractivity contribution in [3.8, 4) is 0 Å². The minimum absolute atomic E-state index is 0.750. The molecule has 0 saturated carbocycles. The lowest BCUT2D eigenvalue weighted by Gasteiger charge is -2.02. The maximum Gasteiger partial charge on any atom is 0.231 e. The number of nitrogens with one attached hydrogen (secondary N) is 2. The standard InChI is InChI=1S/C10H14.2CHNO/c1-3-9-7-5-6-8-10(9)4-2;2*2-1-3/h5-8H,3-4H2,1-2H3;2*2H. The molecule has 2 N–H and O–H groups in total. The van der Waals surface area contributed by atoms with Gasteiger partial charge in [-0.05, 0) is 24.0 Å². The zero-order valence-electron chi connectivity index (χ0n) is 9.54. The molecule has 4 nitrogen and oxygen atoms in total. The third-order valence-corrected chi connectivity index (χ3v) is 1.88. The molecule has 0 saturated heterocycles. The molecule has 0 unspecified atom stereocenters. The van der Waals surface area contributed by atoms with Crippen molar-refractivity contribution in [3.05, 3.63) is 35.4 Å². The van der Waals surface area contributed by atoms with Gasteiger partial charge in [0.25, 0.3) is 0 Å². The maximum atomic E-state index is 8.35. The van der Waals surface area contributed by atoms with Crippen molar-refractivity contribution in [1.82, 2.24) is 0 Å². The van der Waals surface area contributed by atoms with Crippen molar-refractivity contribution >= 4 is 12.2 Å². The van der Waals surface area contributed by atoms with Gasteiger partial charge in [-0.3, -0.25) is 0 Å². The summed E-state index contributed by atoms with van der Waals surface area (Å²) in [7, 11) is 0. The molecule has 0 aliphatic carbocycles. The lowest BCUT2D eigenvalue weighted by molar-refractivity contribution is 0.562. The number of hydrogen-bond donors (Lipinski definition) is 2. The van der Waals surface area contributed by atoms with E-state index in [1.807, 2.05) is 0 Å². The molecule has 0 bridgehead atoms. The summed E-state index contributed by atoms with van der Waals surface area (Å²) >= 11 is 0. The summed E-state index contributed by atoms with van der Waals surface area (Å²) in [5.41, 5.74) is 2.98. The first-order chi connectivity index (χ1) is 7.71. The predicted molar refractivity (Wildman–Crippen MR) is 62.0 cm³/mol. The van der Waals surface area contributed by atoms with Gasteiger partial charge in [0.2, 0.25) is 12.2 Å². The Hall–Kier alpha value is -2.02. The number of isocyanates is 2. The topological polar surface area (TPSA) is 81.8 Å². The summed E-state index contributed by atoms with van der Waals surface area (Å²) in [4.78, 5) is 16.7. The molecule has 0 aromatic heterocycles. The second kappa shape index (κ2) is 13.0. The summed E-state index contributed by atoms with van der Waals surface area (Å²) < 4.78 is 0. The van der Waals surface area contributed by atoms with Gasteiger partial charge < -0.3 is 0 Å². The van der Waals surface area contributed by atoms with E-state index in [0.717, 1.165) is 25.0 Å².